The summed E-state index contributed by atoms with van der Waals surface area (Å²) >= 11 is 0. The summed E-state index contributed by atoms with van der Waals surface area (Å²) in [6, 6.07) is 0.578. The molecule has 0 unspecified atom stereocenters. The Kier molecular flexibility index (Phi) is 4.04. The molecule has 0 aromatic rings. The number of hydrogen-bond acceptors (Lipinski definition) is 2. The van der Waals surface area contributed by atoms with Crippen LogP contribution in [0.1, 0.15) is 27.7 Å². The molecule has 0 amide bonds. The van der Waals surface area contributed by atoms with Crippen molar-refractivity contribution in [3.63, 3.8) is 0 Å². The summed E-state index contributed by atoms with van der Waals surface area (Å²) in [5.41, 5.74) is 0.254. The standard InChI is InChI=1S/C9H22N2/c1-8(2)10-7-9(3,4)11(5)6/h8,10H,7H2,1-6H3. The van der Waals surface area contributed by atoms with Gasteiger partial charge in [0.25, 0.3) is 0 Å². The van der Waals surface area contributed by atoms with Gasteiger partial charge in [0.2, 0.25) is 0 Å². The highest BCUT2D eigenvalue weighted by molar-refractivity contribution is 4.80. The van der Waals surface area contributed by atoms with Crippen LogP contribution in [-0.2, 0) is 0 Å². The molecule has 0 spiro atoms. The van der Waals surface area contributed by atoms with Crippen molar-refractivity contribution in [3.05, 3.63) is 0 Å². The minimum absolute atomic E-state index is 0.254. The van der Waals surface area contributed by atoms with Gasteiger partial charge in [-0.05, 0) is 27.9 Å². The fourth-order valence-electron chi connectivity index (χ4n) is 0.612. The van der Waals surface area contributed by atoms with Gasteiger partial charge in [0, 0.05) is 18.1 Å². The monoisotopic (exact) mass is 158 g/mol. The van der Waals surface area contributed by atoms with Gasteiger partial charge in [-0.2, -0.15) is 0 Å². The van der Waals surface area contributed by atoms with E-state index in [0.717, 1.165) is 6.54 Å². The Morgan fingerprint density at radius 2 is 1.73 bits per heavy atom. The maximum absolute atomic E-state index is 3.43. The van der Waals surface area contributed by atoms with Crippen molar-refractivity contribution in [3.8, 4) is 0 Å². The third kappa shape index (κ3) is 4.38. The molecule has 2 heteroatoms. The molecule has 1 N–H and O–H groups in total. The van der Waals surface area contributed by atoms with E-state index in [4.69, 9.17) is 0 Å². The van der Waals surface area contributed by atoms with Gasteiger partial charge in [-0.25, -0.2) is 0 Å². The fraction of sp³-hybridized carbons (Fsp3) is 1.00. The molecule has 0 rings (SSSR count). The van der Waals surface area contributed by atoms with E-state index in [1.54, 1.807) is 0 Å². The van der Waals surface area contributed by atoms with Gasteiger partial charge in [0.1, 0.15) is 0 Å². The highest BCUT2D eigenvalue weighted by atomic mass is 15.2. The van der Waals surface area contributed by atoms with E-state index < -0.39 is 0 Å². The van der Waals surface area contributed by atoms with Crippen LogP contribution >= 0.6 is 0 Å². The van der Waals surface area contributed by atoms with Crippen LogP contribution in [0.3, 0.4) is 0 Å². The van der Waals surface area contributed by atoms with Crippen LogP contribution in [0.5, 0.6) is 0 Å². The highest BCUT2D eigenvalue weighted by Gasteiger charge is 2.19. The topological polar surface area (TPSA) is 15.3 Å². The van der Waals surface area contributed by atoms with Crippen LogP contribution in [0.25, 0.3) is 0 Å². The SMILES string of the molecule is CC(C)NCC(C)(C)N(C)C. The summed E-state index contributed by atoms with van der Waals surface area (Å²) in [5.74, 6) is 0. The minimum Gasteiger partial charge on any atom is -0.313 e. The lowest BCUT2D eigenvalue weighted by atomic mass is 10.0. The third-order valence-electron chi connectivity index (χ3n) is 2.15. The summed E-state index contributed by atoms with van der Waals surface area (Å²) in [5, 5.41) is 3.43. The minimum atomic E-state index is 0.254. The average molecular weight is 158 g/mol. The molecule has 0 saturated carbocycles. The van der Waals surface area contributed by atoms with Crippen molar-refractivity contribution in [1.29, 1.82) is 0 Å². The van der Waals surface area contributed by atoms with Crippen molar-refractivity contribution >= 4 is 0 Å². The highest BCUT2D eigenvalue weighted by Crippen LogP contribution is 2.07. The Hall–Kier alpha value is -0.0800. The molecule has 0 aliphatic heterocycles. The average Bonchev–Trinajstić information content (AvgIpc) is 1.84. The first-order valence-corrected chi connectivity index (χ1v) is 4.27. The smallest absolute Gasteiger partial charge is 0.0271 e. The summed E-state index contributed by atoms with van der Waals surface area (Å²) in [6.07, 6.45) is 0. The summed E-state index contributed by atoms with van der Waals surface area (Å²) in [7, 11) is 4.23. The molecule has 0 saturated heterocycles. The van der Waals surface area contributed by atoms with Crippen LogP contribution in [0.15, 0.2) is 0 Å². The van der Waals surface area contributed by atoms with Crippen LogP contribution in [0.4, 0.5) is 0 Å². The van der Waals surface area contributed by atoms with Crippen LogP contribution < -0.4 is 5.32 Å². The summed E-state index contributed by atoms with van der Waals surface area (Å²) in [6.45, 7) is 9.86. The van der Waals surface area contributed by atoms with Gasteiger partial charge in [0.05, 0.1) is 0 Å². The number of hydrogen-bond donors (Lipinski definition) is 1. The zero-order valence-electron chi connectivity index (χ0n) is 8.73. The molecule has 0 radical (unpaired) electrons. The molecule has 2 nitrogen and oxygen atoms in total. The van der Waals surface area contributed by atoms with Crippen LogP contribution in [0, 0.1) is 0 Å². The molecule has 0 aromatic heterocycles. The van der Waals surface area contributed by atoms with Crippen molar-refractivity contribution in [1.82, 2.24) is 10.2 Å². The molecule has 0 aliphatic carbocycles. The molecular weight excluding hydrogens is 136 g/mol. The maximum atomic E-state index is 3.43. The molecule has 0 fully saturated rings. The van der Waals surface area contributed by atoms with Crippen molar-refractivity contribution in [2.75, 3.05) is 20.6 Å². The van der Waals surface area contributed by atoms with E-state index in [1.807, 2.05) is 0 Å². The molecule has 0 atom stereocenters. The molecule has 0 aromatic carbocycles. The zero-order chi connectivity index (χ0) is 9.07. The van der Waals surface area contributed by atoms with Gasteiger partial charge in [-0.3, -0.25) is 0 Å². The second kappa shape index (κ2) is 4.07. The number of likely N-dealkylation sites (N-methyl/N-ethyl adjacent to an activating group) is 1. The molecule has 68 valence electrons. The lowest BCUT2D eigenvalue weighted by Gasteiger charge is -2.33. The quantitative estimate of drug-likeness (QED) is 0.664. The van der Waals surface area contributed by atoms with Crippen molar-refractivity contribution in [2.45, 2.75) is 39.3 Å². The van der Waals surface area contributed by atoms with Gasteiger partial charge in [0.15, 0.2) is 0 Å². The Labute approximate surface area is 71.0 Å². The van der Waals surface area contributed by atoms with Gasteiger partial charge >= 0.3 is 0 Å². The first-order chi connectivity index (χ1) is 4.86. The van der Waals surface area contributed by atoms with Gasteiger partial charge < -0.3 is 10.2 Å². The summed E-state index contributed by atoms with van der Waals surface area (Å²) < 4.78 is 0. The normalized spacial score (nSPS) is 13.1. The molecule has 0 heterocycles. The lowest BCUT2D eigenvalue weighted by molar-refractivity contribution is 0.186. The molecule has 0 bridgehead atoms. The number of rotatable bonds is 4. The summed E-state index contributed by atoms with van der Waals surface area (Å²) in [4.78, 5) is 2.24. The van der Waals surface area contributed by atoms with E-state index in [0.29, 0.717) is 6.04 Å². The Morgan fingerprint density at radius 3 is 2.00 bits per heavy atom. The Bertz CT molecular complexity index is 106. The number of nitrogens with zero attached hydrogens (tertiary/aromatic N) is 1. The Balaban J connectivity index is 3.73. The second-order valence-electron chi connectivity index (χ2n) is 4.24. The van der Waals surface area contributed by atoms with E-state index >= 15 is 0 Å². The maximum Gasteiger partial charge on any atom is 0.0271 e. The first kappa shape index (κ1) is 10.9. The van der Waals surface area contributed by atoms with Crippen molar-refractivity contribution in [2.24, 2.45) is 0 Å². The van der Waals surface area contributed by atoms with E-state index in [1.165, 1.54) is 0 Å². The van der Waals surface area contributed by atoms with E-state index in [9.17, 15) is 0 Å². The predicted molar refractivity (Wildman–Crippen MR) is 50.9 cm³/mol. The predicted octanol–water partition coefficient (Wildman–Crippen LogP) is 1.32. The molecule has 0 aliphatic rings. The van der Waals surface area contributed by atoms with Crippen LogP contribution in [-0.4, -0.2) is 37.1 Å². The molecular formula is C9H22N2. The van der Waals surface area contributed by atoms with Crippen LogP contribution in [0.2, 0.25) is 0 Å². The second-order valence-corrected chi connectivity index (χ2v) is 4.24. The lowest BCUT2D eigenvalue weighted by Crippen LogP contribution is -2.48. The van der Waals surface area contributed by atoms with E-state index in [-0.39, 0.29) is 5.54 Å². The Morgan fingerprint density at radius 1 is 1.27 bits per heavy atom. The zero-order valence-corrected chi connectivity index (χ0v) is 8.73. The van der Waals surface area contributed by atoms with Gasteiger partial charge in [-0.1, -0.05) is 13.8 Å². The first-order valence-electron chi connectivity index (χ1n) is 4.27. The van der Waals surface area contributed by atoms with E-state index in [2.05, 4.69) is 52.0 Å². The fourth-order valence-corrected chi connectivity index (χ4v) is 0.612. The third-order valence-corrected chi connectivity index (χ3v) is 2.15. The largest absolute Gasteiger partial charge is 0.313 e. The molecule has 11 heavy (non-hydrogen) atoms. The number of nitrogens with one attached hydrogen (secondary N) is 1. The van der Waals surface area contributed by atoms with Crippen molar-refractivity contribution < 1.29 is 0 Å². The van der Waals surface area contributed by atoms with Gasteiger partial charge in [-0.15, -0.1) is 0 Å².